The summed E-state index contributed by atoms with van der Waals surface area (Å²) in [6.07, 6.45) is -0.402. The van der Waals surface area contributed by atoms with Crippen LogP contribution in [0.2, 0.25) is 0 Å². The number of hydrogen-bond donors (Lipinski definition) is 3. The second-order valence-corrected chi connectivity index (χ2v) is 6.32. The van der Waals surface area contributed by atoms with Crippen molar-refractivity contribution in [2.24, 2.45) is 5.92 Å². The van der Waals surface area contributed by atoms with Crippen LogP contribution in [0, 0.1) is 5.92 Å². The van der Waals surface area contributed by atoms with Gasteiger partial charge in [-0.3, -0.25) is 4.79 Å². The highest BCUT2D eigenvalue weighted by Gasteiger charge is 2.25. The van der Waals surface area contributed by atoms with Gasteiger partial charge in [0.2, 0.25) is 0 Å². The van der Waals surface area contributed by atoms with Crippen LogP contribution >= 0.6 is 11.3 Å². The van der Waals surface area contributed by atoms with Crippen LogP contribution in [0.4, 0.5) is 0 Å². The molecule has 23 heavy (non-hydrogen) atoms. The van der Waals surface area contributed by atoms with Crippen molar-refractivity contribution in [3.8, 4) is 16.3 Å². The lowest BCUT2D eigenvalue weighted by atomic mass is 10.1. The first-order chi connectivity index (χ1) is 11.2. The summed E-state index contributed by atoms with van der Waals surface area (Å²) < 4.78 is 5.13. The van der Waals surface area contributed by atoms with Crippen LogP contribution in [0.5, 0.6) is 5.75 Å². The molecule has 2 heterocycles. The second kappa shape index (κ2) is 7.08. The number of rotatable bonds is 5. The summed E-state index contributed by atoms with van der Waals surface area (Å²) in [7, 11) is 1.62. The number of aliphatic hydroxyl groups is 1. The van der Waals surface area contributed by atoms with Crippen LogP contribution in [0.25, 0.3) is 10.6 Å². The van der Waals surface area contributed by atoms with E-state index >= 15 is 0 Å². The molecule has 122 valence electrons. The first-order valence-corrected chi connectivity index (χ1v) is 8.32. The zero-order valence-corrected chi connectivity index (χ0v) is 13.6. The third-order valence-electron chi connectivity index (χ3n) is 3.90. The van der Waals surface area contributed by atoms with E-state index < -0.39 is 6.10 Å². The first-order valence-electron chi connectivity index (χ1n) is 7.44. The molecule has 6 nitrogen and oxygen atoms in total. The Morgan fingerprint density at radius 1 is 1.43 bits per heavy atom. The molecular formula is C16H19N3O3S. The van der Waals surface area contributed by atoms with Crippen molar-refractivity contribution in [2.45, 2.75) is 6.10 Å². The predicted molar refractivity (Wildman–Crippen MR) is 88.8 cm³/mol. The Hall–Kier alpha value is -1.96. The van der Waals surface area contributed by atoms with E-state index in [9.17, 15) is 9.90 Å². The number of aromatic nitrogens is 1. The monoisotopic (exact) mass is 333 g/mol. The number of benzene rings is 1. The summed E-state index contributed by atoms with van der Waals surface area (Å²) >= 11 is 1.43. The van der Waals surface area contributed by atoms with Crippen LogP contribution in [0.3, 0.4) is 0 Å². The molecule has 2 unspecified atom stereocenters. The Kier molecular flexibility index (Phi) is 4.90. The van der Waals surface area contributed by atoms with Gasteiger partial charge in [-0.2, -0.15) is 0 Å². The van der Waals surface area contributed by atoms with Crippen molar-refractivity contribution in [1.82, 2.24) is 15.6 Å². The number of nitrogens with zero attached hydrogens (tertiary/aromatic N) is 1. The van der Waals surface area contributed by atoms with E-state index in [2.05, 4.69) is 15.6 Å². The van der Waals surface area contributed by atoms with Crippen molar-refractivity contribution in [3.05, 3.63) is 35.3 Å². The topological polar surface area (TPSA) is 83.5 Å². The average molecular weight is 333 g/mol. The fraction of sp³-hybridized carbons (Fsp3) is 0.375. The van der Waals surface area contributed by atoms with Crippen molar-refractivity contribution < 1.29 is 14.6 Å². The van der Waals surface area contributed by atoms with Gasteiger partial charge < -0.3 is 20.5 Å². The van der Waals surface area contributed by atoms with E-state index in [1.807, 2.05) is 24.3 Å². The fourth-order valence-corrected chi connectivity index (χ4v) is 3.29. The number of methoxy groups -OCH3 is 1. The molecular weight excluding hydrogens is 314 g/mol. The van der Waals surface area contributed by atoms with E-state index in [1.165, 1.54) is 11.3 Å². The minimum Gasteiger partial charge on any atom is -0.497 e. The summed E-state index contributed by atoms with van der Waals surface area (Å²) in [5.74, 6) is 0.630. The summed E-state index contributed by atoms with van der Waals surface area (Å²) in [5, 5.41) is 18.2. The number of aliphatic hydroxyl groups excluding tert-OH is 1. The second-order valence-electron chi connectivity index (χ2n) is 5.46. The van der Waals surface area contributed by atoms with E-state index in [0.717, 1.165) is 22.9 Å². The highest BCUT2D eigenvalue weighted by molar-refractivity contribution is 7.13. The lowest BCUT2D eigenvalue weighted by molar-refractivity contribution is 0.0923. The molecule has 1 fully saturated rings. The Balaban J connectivity index is 1.62. The van der Waals surface area contributed by atoms with Gasteiger partial charge in [-0.25, -0.2) is 4.98 Å². The van der Waals surface area contributed by atoms with E-state index in [4.69, 9.17) is 4.74 Å². The molecule has 1 amide bonds. The minimum atomic E-state index is -0.402. The molecule has 2 atom stereocenters. The van der Waals surface area contributed by atoms with Gasteiger partial charge >= 0.3 is 0 Å². The van der Waals surface area contributed by atoms with Crippen LogP contribution in [-0.2, 0) is 0 Å². The van der Waals surface area contributed by atoms with Crippen molar-refractivity contribution in [2.75, 3.05) is 26.7 Å². The maximum Gasteiger partial charge on any atom is 0.270 e. The number of ether oxygens (including phenoxy) is 1. The van der Waals surface area contributed by atoms with Crippen LogP contribution < -0.4 is 15.4 Å². The molecule has 7 heteroatoms. The smallest absolute Gasteiger partial charge is 0.270 e. The van der Waals surface area contributed by atoms with E-state index in [-0.39, 0.29) is 11.8 Å². The molecule has 1 saturated heterocycles. The number of thiazole rings is 1. The summed E-state index contributed by atoms with van der Waals surface area (Å²) in [5.41, 5.74) is 1.35. The Bertz CT molecular complexity index is 671. The van der Waals surface area contributed by atoms with Crippen molar-refractivity contribution in [1.29, 1.82) is 0 Å². The number of hydrogen-bond acceptors (Lipinski definition) is 6. The normalized spacial score (nSPS) is 20.4. The van der Waals surface area contributed by atoms with Gasteiger partial charge in [0.1, 0.15) is 16.5 Å². The molecule has 0 bridgehead atoms. The van der Waals surface area contributed by atoms with Gasteiger partial charge in [0, 0.05) is 36.5 Å². The molecule has 0 radical (unpaired) electrons. The van der Waals surface area contributed by atoms with Crippen LogP contribution in [0.15, 0.2) is 29.6 Å². The van der Waals surface area contributed by atoms with Gasteiger partial charge in [-0.1, -0.05) is 0 Å². The predicted octanol–water partition coefficient (Wildman–Crippen LogP) is 1.13. The average Bonchev–Trinajstić information content (AvgIpc) is 3.22. The molecule has 3 N–H and O–H groups in total. The van der Waals surface area contributed by atoms with Gasteiger partial charge in [-0.05, 0) is 24.3 Å². The SMILES string of the molecule is COc1ccc(-c2nc(C(=O)NCC3CNCC3O)cs2)cc1. The summed E-state index contributed by atoms with van der Waals surface area (Å²) in [6, 6.07) is 7.57. The molecule has 3 rings (SSSR count). The third-order valence-corrected chi connectivity index (χ3v) is 4.79. The molecule has 0 aliphatic carbocycles. The van der Waals surface area contributed by atoms with E-state index in [1.54, 1.807) is 12.5 Å². The molecule has 1 aromatic carbocycles. The maximum absolute atomic E-state index is 12.2. The molecule has 0 saturated carbocycles. The standard InChI is InChI=1S/C16H19N3O3S/c1-22-12-4-2-10(3-5-12)16-19-13(9-23-16)15(21)18-7-11-6-17-8-14(11)20/h2-5,9,11,14,17,20H,6-8H2,1H3,(H,18,21). The number of amides is 1. The zero-order chi connectivity index (χ0) is 16.2. The number of nitrogens with one attached hydrogen (secondary N) is 2. The number of β-amino-alcohol motifs (C(OH)–C–C–N with tert-alkyl or cyclic N) is 1. The number of carbonyl (C=O) groups excluding carboxylic acids is 1. The quantitative estimate of drug-likeness (QED) is 0.764. The first kappa shape index (κ1) is 15.9. The summed E-state index contributed by atoms with van der Waals surface area (Å²) in [6.45, 7) is 1.75. The largest absolute Gasteiger partial charge is 0.497 e. The minimum absolute atomic E-state index is 0.0543. The third kappa shape index (κ3) is 3.69. The lowest BCUT2D eigenvalue weighted by Crippen LogP contribution is -2.34. The number of carbonyl (C=O) groups is 1. The van der Waals surface area contributed by atoms with Crippen LogP contribution in [0.1, 0.15) is 10.5 Å². The summed E-state index contributed by atoms with van der Waals surface area (Å²) in [4.78, 5) is 16.6. The van der Waals surface area contributed by atoms with Crippen LogP contribution in [-0.4, -0.2) is 48.8 Å². The van der Waals surface area contributed by atoms with Crippen molar-refractivity contribution in [3.63, 3.8) is 0 Å². The molecule has 1 aliphatic heterocycles. The fourth-order valence-electron chi connectivity index (χ4n) is 2.49. The molecule has 1 aromatic heterocycles. The highest BCUT2D eigenvalue weighted by atomic mass is 32.1. The Morgan fingerprint density at radius 2 is 2.22 bits per heavy atom. The van der Waals surface area contributed by atoms with Gasteiger partial charge in [-0.15, -0.1) is 11.3 Å². The molecule has 0 spiro atoms. The van der Waals surface area contributed by atoms with Crippen molar-refractivity contribution >= 4 is 17.2 Å². The van der Waals surface area contributed by atoms with Gasteiger partial charge in [0.05, 0.1) is 13.2 Å². The Morgan fingerprint density at radius 3 is 2.87 bits per heavy atom. The molecule has 2 aromatic rings. The Labute approximate surface area is 138 Å². The highest BCUT2D eigenvalue weighted by Crippen LogP contribution is 2.25. The molecule has 1 aliphatic rings. The van der Waals surface area contributed by atoms with E-state index in [0.29, 0.717) is 18.8 Å². The lowest BCUT2D eigenvalue weighted by Gasteiger charge is -2.13. The zero-order valence-electron chi connectivity index (χ0n) is 12.8. The van der Waals surface area contributed by atoms with Gasteiger partial charge in [0.15, 0.2) is 0 Å². The van der Waals surface area contributed by atoms with Gasteiger partial charge in [0.25, 0.3) is 5.91 Å². The maximum atomic E-state index is 12.2.